The molecule has 1 aromatic heterocycles. The van der Waals surface area contributed by atoms with Crippen molar-refractivity contribution in [3.63, 3.8) is 0 Å². The van der Waals surface area contributed by atoms with E-state index in [2.05, 4.69) is 25.8 Å². The fourth-order valence-corrected chi connectivity index (χ4v) is 4.07. The lowest BCUT2D eigenvalue weighted by molar-refractivity contribution is -0.384. The Morgan fingerprint density at radius 3 is 2.42 bits per heavy atom. The maximum Gasteiger partial charge on any atom is 0.326 e. The lowest BCUT2D eigenvalue weighted by Crippen LogP contribution is -2.23. The molecule has 31 heavy (non-hydrogen) atoms. The van der Waals surface area contributed by atoms with Gasteiger partial charge >= 0.3 is 5.97 Å². The molecule has 0 aliphatic carbocycles. The molecule has 3 rings (SSSR count). The predicted octanol–water partition coefficient (Wildman–Crippen LogP) is 4.21. The van der Waals surface area contributed by atoms with E-state index in [9.17, 15) is 19.7 Å². The second-order valence-corrected chi connectivity index (χ2v) is 8.94. The quantitative estimate of drug-likeness (QED) is 0.335. The third kappa shape index (κ3) is 5.05. The van der Waals surface area contributed by atoms with Gasteiger partial charge in [-0.3, -0.25) is 19.7 Å². The number of benzene rings is 2. The van der Waals surface area contributed by atoms with Gasteiger partial charge in [-0.05, 0) is 36.1 Å². The standard InChI is InChI=1S/C22H23N3O5S/c1-5-30-19(26)13-24-17-11-10-16(25(28)29)12-18(17)31-21(24)23-20(27)14-6-8-15(9-7-14)22(2,3)4/h6-12H,5,13H2,1-4H3. The molecule has 1 heterocycles. The topological polar surface area (TPSA) is 104 Å². The summed E-state index contributed by atoms with van der Waals surface area (Å²) in [4.78, 5) is 40.0. The Morgan fingerprint density at radius 2 is 1.84 bits per heavy atom. The Kier molecular flexibility index (Phi) is 6.35. The van der Waals surface area contributed by atoms with Crippen LogP contribution in [-0.2, 0) is 21.5 Å². The molecule has 0 radical (unpaired) electrons. The monoisotopic (exact) mass is 441 g/mol. The van der Waals surface area contributed by atoms with Crippen LogP contribution in [0.1, 0.15) is 43.6 Å². The number of aromatic nitrogens is 1. The van der Waals surface area contributed by atoms with Crippen LogP contribution < -0.4 is 4.80 Å². The summed E-state index contributed by atoms with van der Waals surface area (Å²) >= 11 is 1.11. The first-order valence-electron chi connectivity index (χ1n) is 9.73. The highest BCUT2D eigenvalue weighted by Gasteiger charge is 2.17. The largest absolute Gasteiger partial charge is 0.465 e. The predicted molar refractivity (Wildman–Crippen MR) is 118 cm³/mol. The van der Waals surface area contributed by atoms with Gasteiger partial charge in [0.05, 0.1) is 21.7 Å². The van der Waals surface area contributed by atoms with Crippen LogP contribution in [0.15, 0.2) is 47.5 Å². The molecular formula is C22H23N3O5S. The number of nitro groups is 1. The molecule has 0 N–H and O–H groups in total. The van der Waals surface area contributed by atoms with Crippen LogP contribution >= 0.6 is 11.3 Å². The number of hydrogen-bond acceptors (Lipinski definition) is 6. The minimum absolute atomic E-state index is 0.0401. The second kappa shape index (κ2) is 8.81. The van der Waals surface area contributed by atoms with Crippen LogP contribution in [0.4, 0.5) is 5.69 Å². The average Bonchev–Trinajstić information content (AvgIpc) is 3.03. The molecule has 0 spiro atoms. The van der Waals surface area contributed by atoms with Crippen molar-refractivity contribution in [3.05, 3.63) is 68.5 Å². The molecule has 0 aliphatic heterocycles. The first-order chi connectivity index (χ1) is 14.6. The summed E-state index contributed by atoms with van der Waals surface area (Å²) in [6.07, 6.45) is 0. The average molecular weight is 442 g/mol. The number of nitrogens with zero attached hydrogens (tertiary/aromatic N) is 3. The number of amides is 1. The van der Waals surface area contributed by atoms with Gasteiger partial charge in [0.2, 0.25) is 0 Å². The minimum atomic E-state index is -0.492. The lowest BCUT2D eigenvalue weighted by Gasteiger charge is -2.18. The summed E-state index contributed by atoms with van der Waals surface area (Å²) in [7, 11) is 0. The molecule has 162 valence electrons. The summed E-state index contributed by atoms with van der Waals surface area (Å²) in [5, 5.41) is 11.1. The SMILES string of the molecule is CCOC(=O)Cn1c(=NC(=O)c2ccc(C(C)(C)C)cc2)sc2cc([N+](=O)[O-])ccc21. The van der Waals surface area contributed by atoms with Gasteiger partial charge in [-0.15, -0.1) is 0 Å². The fourth-order valence-electron chi connectivity index (χ4n) is 3.01. The van der Waals surface area contributed by atoms with Crippen molar-refractivity contribution in [2.45, 2.75) is 39.7 Å². The molecule has 0 fully saturated rings. The van der Waals surface area contributed by atoms with Crippen LogP contribution in [-0.4, -0.2) is 28.0 Å². The number of carbonyl (C=O) groups is 2. The van der Waals surface area contributed by atoms with Crippen molar-refractivity contribution in [2.75, 3.05) is 6.61 Å². The van der Waals surface area contributed by atoms with Gasteiger partial charge in [-0.1, -0.05) is 44.2 Å². The highest BCUT2D eigenvalue weighted by molar-refractivity contribution is 7.16. The van der Waals surface area contributed by atoms with Crippen LogP contribution in [0, 0.1) is 10.1 Å². The third-order valence-electron chi connectivity index (χ3n) is 4.66. The molecular weight excluding hydrogens is 418 g/mol. The molecule has 3 aromatic rings. The molecule has 2 aromatic carbocycles. The smallest absolute Gasteiger partial charge is 0.326 e. The van der Waals surface area contributed by atoms with Crippen LogP contribution in [0.2, 0.25) is 0 Å². The van der Waals surface area contributed by atoms with Gasteiger partial charge in [0, 0.05) is 17.7 Å². The van der Waals surface area contributed by atoms with Gasteiger partial charge < -0.3 is 9.30 Å². The van der Waals surface area contributed by atoms with E-state index in [-0.39, 0.29) is 29.1 Å². The van der Waals surface area contributed by atoms with Gasteiger partial charge in [0.15, 0.2) is 4.80 Å². The number of non-ortho nitro benzene ring substituents is 1. The number of esters is 1. The van der Waals surface area contributed by atoms with E-state index in [1.807, 2.05) is 12.1 Å². The van der Waals surface area contributed by atoms with Crippen molar-refractivity contribution in [1.29, 1.82) is 0 Å². The Morgan fingerprint density at radius 1 is 1.16 bits per heavy atom. The molecule has 0 saturated heterocycles. The van der Waals surface area contributed by atoms with E-state index in [1.54, 1.807) is 29.7 Å². The molecule has 0 bridgehead atoms. The van der Waals surface area contributed by atoms with Gasteiger partial charge in [-0.25, -0.2) is 0 Å². The van der Waals surface area contributed by atoms with Gasteiger partial charge in [0.25, 0.3) is 11.6 Å². The fraction of sp³-hybridized carbons (Fsp3) is 0.318. The summed E-state index contributed by atoms with van der Waals surface area (Å²) in [6, 6.07) is 11.5. The summed E-state index contributed by atoms with van der Waals surface area (Å²) in [5.74, 6) is -0.942. The van der Waals surface area contributed by atoms with E-state index in [1.165, 1.54) is 12.1 Å². The molecule has 0 atom stereocenters. The zero-order chi connectivity index (χ0) is 22.8. The van der Waals surface area contributed by atoms with Crippen LogP contribution in [0.25, 0.3) is 10.2 Å². The molecule has 0 saturated carbocycles. The maximum absolute atomic E-state index is 12.8. The zero-order valence-electron chi connectivity index (χ0n) is 17.7. The summed E-state index contributed by atoms with van der Waals surface area (Å²) < 4.78 is 7.12. The van der Waals surface area contributed by atoms with E-state index in [0.29, 0.717) is 15.8 Å². The highest BCUT2D eigenvalue weighted by atomic mass is 32.1. The molecule has 0 unspecified atom stereocenters. The van der Waals surface area contributed by atoms with Crippen molar-refractivity contribution in [1.82, 2.24) is 4.57 Å². The van der Waals surface area contributed by atoms with E-state index in [4.69, 9.17) is 4.74 Å². The highest BCUT2D eigenvalue weighted by Crippen LogP contribution is 2.24. The Labute approximate surface area is 183 Å². The van der Waals surface area contributed by atoms with Crippen molar-refractivity contribution >= 4 is 39.1 Å². The first-order valence-corrected chi connectivity index (χ1v) is 10.5. The minimum Gasteiger partial charge on any atom is -0.465 e. The molecule has 1 amide bonds. The van der Waals surface area contributed by atoms with Gasteiger partial charge in [-0.2, -0.15) is 4.99 Å². The molecule has 8 nitrogen and oxygen atoms in total. The van der Waals surface area contributed by atoms with Gasteiger partial charge in [0.1, 0.15) is 6.54 Å². The zero-order valence-corrected chi connectivity index (χ0v) is 18.6. The van der Waals surface area contributed by atoms with E-state index < -0.39 is 16.8 Å². The second-order valence-electron chi connectivity index (χ2n) is 7.93. The number of hydrogen-bond donors (Lipinski definition) is 0. The molecule has 9 heteroatoms. The number of ether oxygens (including phenoxy) is 1. The van der Waals surface area contributed by atoms with E-state index in [0.717, 1.165) is 16.9 Å². The number of carbonyl (C=O) groups excluding carboxylic acids is 2. The summed E-state index contributed by atoms with van der Waals surface area (Å²) in [6.45, 7) is 8.03. The number of thiazole rings is 1. The molecule has 0 aliphatic rings. The van der Waals surface area contributed by atoms with Crippen molar-refractivity contribution in [3.8, 4) is 0 Å². The summed E-state index contributed by atoms with van der Waals surface area (Å²) in [5.41, 5.74) is 1.96. The normalized spacial score (nSPS) is 12.2. The Bertz CT molecular complexity index is 1220. The number of rotatable bonds is 5. The lowest BCUT2D eigenvalue weighted by atomic mass is 9.87. The number of nitro benzene ring substituents is 1. The van der Waals surface area contributed by atoms with Crippen LogP contribution in [0.3, 0.4) is 0 Å². The maximum atomic E-state index is 12.8. The first kappa shape index (κ1) is 22.4. The van der Waals surface area contributed by atoms with Crippen molar-refractivity contribution in [2.24, 2.45) is 4.99 Å². The third-order valence-corrected chi connectivity index (χ3v) is 5.71. The Hall–Kier alpha value is -3.33. The number of fused-ring (bicyclic) bond motifs is 1. The Balaban J connectivity index is 2.07. The van der Waals surface area contributed by atoms with Crippen molar-refractivity contribution < 1.29 is 19.2 Å². The van der Waals surface area contributed by atoms with Crippen LogP contribution in [0.5, 0.6) is 0 Å². The van der Waals surface area contributed by atoms with E-state index >= 15 is 0 Å².